The van der Waals surface area contributed by atoms with Crippen molar-refractivity contribution >= 4 is 37.8 Å². The van der Waals surface area contributed by atoms with Crippen LogP contribution in [0.1, 0.15) is 28.9 Å². The van der Waals surface area contributed by atoms with E-state index in [1.54, 1.807) is 12.1 Å². The third-order valence-corrected chi connectivity index (χ3v) is 3.88. The van der Waals surface area contributed by atoms with Crippen molar-refractivity contribution in [2.75, 3.05) is 0 Å². The molecule has 0 radical (unpaired) electrons. The van der Waals surface area contributed by atoms with Crippen molar-refractivity contribution in [3.63, 3.8) is 0 Å². The predicted octanol–water partition coefficient (Wildman–Crippen LogP) is 4.70. The average molecular weight is 383 g/mol. The molecule has 0 saturated heterocycles. The Morgan fingerprint density at radius 2 is 1.42 bits per heavy atom. The molecule has 0 unspecified atom stereocenters. The summed E-state index contributed by atoms with van der Waals surface area (Å²) in [6.45, 7) is 1.97. The molecular weight excluding hydrogens is 370 g/mol. The summed E-state index contributed by atoms with van der Waals surface area (Å²) in [5.41, 5.74) is 1.74. The third kappa shape index (κ3) is 3.91. The molecular formula is C15H13Br2NO. The Labute approximate surface area is 129 Å². The molecule has 0 fully saturated rings. The van der Waals surface area contributed by atoms with E-state index in [-0.39, 0.29) is 11.9 Å². The molecule has 19 heavy (non-hydrogen) atoms. The summed E-state index contributed by atoms with van der Waals surface area (Å²) in [5.74, 6) is -0.0667. The van der Waals surface area contributed by atoms with Gasteiger partial charge < -0.3 is 5.32 Å². The van der Waals surface area contributed by atoms with E-state index in [0.717, 1.165) is 14.5 Å². The monoisotopic (exact) mass is 381 g/mol. The van der Waals surface area contributed by atoms with Crippen LogP contribution in [0.5, 0.6) is 0 Å². The molecule has 1 atom stereocenters. The summed E-state index contributed by atoms with van der Waals surface area (Å²) in [7, 11) is 0. The van der Waals surface area contributed by atoms with Gasteiger partial charge in [0, 0.05) is 14.5 Å². The van der Waals surface area contributed by atoms with Crippen LogP contribution in [0.2, 0.25) is 0 Å². The summed E-state index contributed by atoms with van der Waals surface area (Å²) in [6, 6.07) is 15.2. The van der Waals surface area contributed by atoms with Crippen LogP contribution in [-0.2, 0) is 0 Å². The molecule has 0 spiro atoms. The van der Waals surface area contributed by atoms with E-state index in [1.807, 2.05) is 43.3 Å². The van der Waals surface area contributed by atoms with Gasteiger partial charge in [0.05, 0.1) is 6.04 Å². The topological polar surface area (TPSA) is 29.1 Å². The molecule has 0 aliphatic carbocycles. The first-order valence-electron chi connectivity index (χ1n) is 5.88. The van der Waals surface area contributed by atoms with Crippen LogP contribution in [0.25, 0.3) is 0 Å². The van der Waals surface area contributed by atoms with Crippen LogP contribution in [0.4, 0.5) is 0 Å². The second kappa shape index (κ2) is 6.35. The van der Waals surface area contributed by atoms with E-state index in [0.29, 0.717) is 5.56 Å². The number of halogens is 2. The van der Waals surface area contributed by atoms with Gasteiger partial charge in [0.15, 0.2) is 0 Å². The van der Waals surface area contributed by atoms with Crippen molar-refractivity contribution in [2.45, 2.75) is 13.0 Å². The van der Waals surface area contributed by atoms with Gasteiger partial charge in [-0.1, -0.05) is 44.0 Å². The molecule has 0 bridgehead atoms. The highest BCUT2D eigenvalue weighted by Crippen LogP contribution is 2.17. The number of hydrogen-bond donors (Lipinski definition) is 1. The van der Waals surface area contributed by atoms with Crippen LogP contribution >= 0.6 is 31.9 Å². The molecule has 98 valence electrons. The van der Waals surface area contributed by atoms with Gasteiger partial charge in [0.2, 0.25) is 0 Å². The van der Waals surface area contributed by atoms with E-state index < -0.39 is 0 Å². The zero-order chi connectivity index (χ0) is 13.8. The first kappa shape index (κ1) is 14.3. The average Bonchev–Trinajstić information content (AvgIpc) is 2.40. The predicted molar refractivity (Wildman–Crippen MR) is 84.2 cm³/mol. The molecule has 2 rings (SSSR count). The van der Waals surface area contributed by atoms with Gasteiger partial charge in [-0.05, 0) is 48.9 Å². The number of amides is 1. The Bertz CT molecular complexity index is 564. The van der Waals surface area contributed by atoms with Crippen LogP contribution in [0, 0.1) is 0 Å². The second-order valence-corrected chi connectivity index (χ2v) is 6.08. The molecule has 1 N–H and O–H groups in total. The van der Waals surface area contributed by atoms with E-state index in [4.69, 9.17) is 0 Å². The zero-order valence-corrected chi connectivity index (χ0v) is 13.5. The smallest absolute Gasteiger partial charge is 0.251 e. The molecule has 0 aliphatic rings. The summed E-state index contributed by atoms with van der Waals surface area (Å²) in [5, 5.41) is 2.98. The Balaban J connectivity index is 2.06. The fourth-order valence-corrected chi connectivity index (χ4v) is 2.24. The maximum absolute atomic E-state index is 12.1. The fourth-order valence-electron chi connectivity index (χ4n) is 1.72. The highest BCUT2D eigenvalue weighted by molar-refractivity contribution is 9.10. The van der Waals surface area contributed by atoms with Gasteiger partial charge in [-0.3, -0.25) is 4.79 Å². The Hall–Kier alpha value is -1.13. The van der Waals surface area contributed by atoms with Gasteiger partial charge in [0.1, 0.15) is 0 Å². The van der Waals surface area contributed by atoms with Gasteiger partial charge in [-0.2, -0.15) is 0 Å². The van der Waals surface area contributed by atoms with Crippen molar-refractivity contribution in [3.05, 3.63) is 68.6 Å². The van der Waals surface area contributed by atoms with Gasteiger partial charge >= 0.3 is 0 Å². The lowest BCUT2D eigenvalue weighted by Gasteiger charge is -2.14. The third-order valence-electron chi connectivity index (χ3n) is 2.82. The second-order valence-electron chi connectivity index (χ2n) is 4.25. The van der Waals surface area contributed by atoms with E-state index in [9.17, 15) is 4.79 Å². The number of carbonyl (C=O) groups excluding carboxylic acids is 1. The molecule has 2 nitrogen and oxygen atoms in total. The first-order chi connectivity index (χ1) is 9.06. The van der Waals surface area contributed by atoms with E-state index in [2.05, 4.69) is 37.2 Å². The number of carbonyl (C=O) groups is 1. The van der Waals surface area contributed by atoms with Crippen molar-refractivity contribution in [3.8, 4) is 0 Å². The fraction of sp³-hybridized carbons (Fsp3) is 0.133. The van der Waals surface area contributed by atoms with E-state index >= 15 is 0 Å². The normalized spacial score (nSPS) is 11.9. The number of hydrogen-bond acceptors (Lipinski definition) is 1. The first-order valence-corrected chi connectivity index (χ1v) is 7.47. The highest BCUT2D eigenvalue weighted by Gasteiger charge is 2.11. The van der Waals surface area contributed by atoms with Crippen molar-refractivity contribution in [2.24, 2.45) is 0 Å². The SMILES string of the molecule is C[C@H](NC(=O)c1ccc(Br)cc1)c1ccc(Br)cc1. The number of benzene rings is 2. The van der Waals surface area contributed by atoms with Crippen molar-refractivity contribution in [1.82, 2.24) is 5.32 Å². The number of nitrogens with one attached hydrogen (secondary N) is 1. The van der Waals surface area contributed by atoms with Crippen LogP contribution in [0.3, 0.4) is 0 Å². The lowest BCUT2D eigenvalue weighted by molar-refractivity contribution is 0.0940. The molecule has 0 aliphatic heterocycles. The van der Waals surface area contributed by atoms with Gasteiger partial charge in [-0.15, -0.1) is 0 Å². The molecule has 4 heteroatoms. The van der Waals surface area contributed by atoms with Crippen molar-refractivity contribution < 1.29 is 4.79 Å². The summed E-state index contributed by atoms with van der Waals surface area (Å²) < 4.78 is 1.99. The highest BCUT2D eigenvalue weighted by atomic mass is 79.9. The summed E-state index contributed by atoms with van der Waals surface area (Å²) >= 11 is 6.75. The van der Waals surface area contributed by atoms with Crippen LogP contribution in [0.15, 0.2) is 57.5 Å². The minimum Gasteiger partial charge on any atom is -0.346 e. The molecule has 2 aromatic carbocycles. The molecule has 1 amide bonds. The number of rotatable bonds is 3. The maximum atomic E-state index is 12.1. The van der Waals surface area contributed by atoms with E-state index in [1.165, 1.54) is 0 Å². The minimum atomic E-state index is -0.0667. The lowest BCUT2D eigenvalue weighted by atomic mass is 10.1. The Morgan fingerprint density at radius 1 is 0.947 bits per heavy atom. The molecule has 0 aromatic heterocycles. The molecule has 0 heterocycles. The lowest BCUT2D eigenvalue weighted by Crippen LogP contribution is -2.26. The van der Waals surface area contributed by atoms with Crippen LogP contribution < -0.4 is 5.32 Å². The van der Waals surface area contributed by atoms with Gasteiger partial charge in [0.25, 0.3) is 5.91 Å². The maximum Gasteiger partial charge on any atom is 0.251 e. The zero-order valence-electron chi connectivity index (χ0n) is 10.4. The van der Waals surface area contributed by atoms with Gasteiger partial charge in [-0.25, -0.2) is 0 Å². The minimum absolute atomic E-state index is 0.0238. The quantitative estimate of drug-likeness (QED) is 0.818. The largest absolute Gasteiger partial charge is 0.346 e. The van der Waals surface area contributed by atoms with Crippen LogP contribution in [-0.4, -0.2) is 5.91 Å². The summed E-state index contributed by atoms with van der Waals surface area (Å²) in [4.78, 5) is 12.1. The Kier molecular flexibility index (Phi) is 4.77. The summed E-state index contributed by atoms with van der Waals surface area (Å²) in [6.07, 6.45) is 0. The Morgan fingerprint density at radius 3 is 1.95 bits per heavy atom. The molecule has 2 aromatic rings. The molecule has 0 saturated carbocycles. The standard InChI is InChI=1S/C15H13Br2NO/c1-10(11-2-6-13(16)7-3-11)18-15(19)12-4-8-14(17)9-5-12/h2-10H,1H3,(H,18,19)/t10-/m0/s1. The van der Waals surface area contributed by atoms with Crippen molar-refractivity contribution in [1.29, 1.82) is 0 Å².